The Balaban J connectivity index is 2.13. The number of nitrogens with one attached hydrogen (secondary N) is 2. The van der Waals surface area contributed by atoms with Crippen LogP contribution in [0.1, 0.15) is 23.8 Å². The van der Waals surface area contributed by atoms with Crippen molar-refractivity contribution >= 4 is 34.4 Å². The SMILES string of the molecule is CC(CNC(=O)c1[nH]c2ccc(F)cc2c1Cl)CC(=O)O. The van der Waals surface area contributed by atoms with Gasteiger partial charge in [-0.05, 0) is 24.1 Å². The van der Waals surface area contributed by atoms with Crippen LogP contribution in [-0.2, 0) is 4.79 Å². The molecule has 7 heteroatoms. The van der Waals surface area contributed by atoms with Crippen LogP contribution in [0.4, 0.5) is 4.39 Å². The second-order valence-electron chi connectivity index (χ2n) is 4.92. The third-order valence-corrected chi connectivity index (χ3v) is 3.45. The average Bonchev–Trinajstić information content (AvgIpc) is 2.73. The number of aliphatic carboxylic acids is 1. The van der Waals surface area contributed by atoms with E-state index in [1.807, 2.05) is 0 Å². The Morgan fingerprint density at radius 3 is 2.86 bits per heavy atom. The van der Waals surface area contributed by atoms with Crippen molar-refractivity contribution in [3.8, 4) is 0 Å². The van der Waals surface area contributed by atoms with Crippen molar-refractivity contribution in [3.63, 3.8) is 0 Å². The molecule has 1 atom stereocenters. The summed E-state index contributed by atoms with van der Waals surface area (Å²) in [6.07, 6.45) is -0.0358. The van der Waals surface area contributed by atoms with Gasteiger partial charge in [-0.3, -0.25) is 9.59 Å². The number of benzene rings is 1. The van der Waals surface area contributed by atoms with E-state index in [-0.39, 0.29) is 29.6 Å². The number of H-pyrrole nitrogens is 1. The molecule has 5 nitrogen and oxygen atoms in total. The molecule has 1 aromatic heterocycles. The average molecular weight is 313 g/mol. The van der Waals surface area contributed by atoms with Gasteiger partial charge in [0.1, 0.15) is 11.5 Å². The minimum Gasteiger partial charge on any atom is -0.481 e. The largest absolute Gasteiger partial charge is 0.481 e. The summed E-state index contributed by atoms with van der Waals surface area (Å²) in [7, 11) is 0. The lowest BCUT2D eigenvalue weighted by Gasteiger charge is -2.09. The molecule has 1 unspecified atom stereocenters. The monoisotopic (exact) mass is 312 g/mol. The number of amides is 1. The van der Waals surface area contributed by atoms with Crippen LogP contribution in [0.25, 0.3) is 10.9 Å². The maximum Gasteiger partial charge on any atom is 0.303 e. The summed E-state index contributed by atoms with van der Waals surface area (Å²) in [6.45, 7) is 1.93. The first kappa shape index (κ1) is 15.3. The Morgan fingerprint density at radius 2 is 2.19 bits per heavy atom. The van der Waals surface area contributed by atoms with Gasteiger partial charge in [0.2, 0.25) is 0 Å². The molecule has 0 spiro atoms. The highest BCUT2D eigenvalue weighted by molar-refractivity contribution is 6.38. The lowest BCUT2D eigenvalue weighted by Crippen LogP contribution is -2.29. The van der Waals surface area contributed by atoms with Crippen LogP contribution in [0, 0.1) is 11.7 Å². The van der Waals surface area contributed by atoms with Crippen LogP contribution >= 0.6 is 11.6 Å². The smallest absolute Gasteiger partial charge is 0.303 e. The van der Waals surface area contributed by atoms with Crippen LogP contribution < -0.4 is 5.32 Å². The molecule has 0 aliphatic rings. The molecular formula is C14H14ClFN2O3. The second-order valence-corrected chi connectivity index (χ2v) is 5.29. The number of hydrogen-bond acceptors (Lipinski definition) is 2. The number of halogens is 2. The summed E-state index contributed by atoms with van der Waals surface area (Å²) < 4.78 is 13.2. The molecule has 0 fully saturated rings. The predicted octanol–water partition coefficient (Wildman–Crippen LogP) is 2.80. The fourth-order valence-electron chi connectivity index (χ4n) is 2.01. The van der Waals surface area contributed by atoms with Crippen molar-refractivity contribution in [2.24, 2.45) is 5.92 Å². The highest BCUT2D eigenvalue weighted by atomic mass is 35.5. The van der Waals surface area contributed by atoms with Crippen molar-refractivity contribution < 1.29 is 19.1 Å². The van der Waals surface area contributed by atoms with E-state index in [0.717, 1.165) is 0 Å². The van der Waals surface area contributed by atoms with Crippen molar-refractivity contribution in [1.82, 2.24) is 10.3 Å². The van der Waals surface area contributed by atoms with Gasteiger partial charge in [0, 0.05) is 23.9 Å². The number of fused-ring (bicyclic) bond motifs is 1. The fourth-order valence-corrected chi connectivity index (χ4v) is 2.30. The van der Waals surface area contributed by atoms with Gasteiger partial charge in [0.05, 0.1) is 5.02 Å². The van der Waals surface area contributed by atoms with Crippen LogP contribution in [0.2, 0.25) is 5.02 Å². The van der Waals surface area contributed by atoms with Gasteiger partial charge in [-0.2, -0.15) is 0 Å². The van der Waals surface area contributed by atoms with Gasteiger partial charge in [-0.15, -0.1) is 0 Å². The van der Waals surface area contributed by atoms with E-state index in [0.29, 0.717) is 10.9 Å². The van der Waals surface area contributed by atoms with Gasteiger partial charge in [-0.1, -0.05) is 18.5 Å². The number of aromatic amines is 1. The van der Waals surface area contributed by atoms with Gasteiger partial charge in [-0.25, -0.2) is 4.39 Å². The van der Waals surface area contributed by atoms with E-state index in [1.54, 1.807) is 6.92 Å². The Kier molecular flexibility index (Phi) is 4.47. The zero-order valence-corrected chi connectivity index (χ0v) is 12.0. The quantitative estimate of drug-likeness (QED) is 0.794. The van der Waals surface area contributed by atoms with Crippen LogP contribution in [0.15, 0.2) is 18.2 Å². The number of carbonyl (C=O) groups excluding carboxylic acids is 1. The zero-order chi connectivity index (χ0) is 15.6. The van der Waals surface area contributed by atoms with E-state index in [4.69, 9.17) is 16.7 Å². The molecule has 0 saturated heterocycles. The van der Waals surface area contributed by atoms with Crippen molar-refractivity contribution in [1.29, 1.82) is 0 Å². The number of carbonyl (C=O) groups is 2. The van der Waals surface area contributed by atoms with Gasteiger partial charge >= 0.3 is 5.97 Å². The molecule has 0 bridgehead atoms. The lowest BCUT2D eigenvalue weighted by molar-refractivity contribution is -0.137. The molecule has 0 aliphatic carbocycles. The van der Waals surface area contributed by atoms with Crippen LogP contribution in [-0.4, -0.2) is 28.5 Å². The van der Waals surface area contributed by atoms with Gasteiger partial charge in [0.25, 0.3) is 5.91 Å². The number of aromatic nitrogens is 1. The molecule has 2 rings (SSSR count). The minimum atomic E-state index is -0.920. The first-order chi connectivity index (χ1) is 9.88. The van der Waals surface area contributed by atoms with E-state index >= 15 is 0 Å². The van der Waals surface area contributed by atoms with Crippen LogP contribution in [0.5, 0.6) is 0 Å². The second kappa shape index (κ2) is 6.13. The van der Waals surface area contributed by atoms with Crippen LogP contribution in [0.3, 0.4) is 0 Å². The lowest BCUT2D eigenvalue weighted by atomic mass is 10.1. The topological polar surface area (TPSA) is 82.2 Å². The van der Waals surface area contributed by atoms with Gasteiger partial charge in [0.15, 0.2) is 0 Å². The molecular weight excluding hydrogens is 299 g/mol. The fraction of sp³-hybridized carbons (Fsp3) is 0.286. The summed E-state index contributed by atoms with van der Waals surface area (Å²) in [4.78, 5) is 25.4. The summed E-state index contributed by atoms with van der Waals surface area (Å²) in [6, 6.07) is 4.02. The standard InChI is InChI=1S/C14H14ClFN2O3/c1-7(4-11(19)20)6-17-14(21)13-12(15)9-5-8(16)2-3-10(9)18-13/h2-3,5,7,18H,4,6H2,1H3,(H,17,21)(H,19,20). The Hall–Kier alpha value is -2.08. The number of rotatable bonds is 5. The van der Waals surface area contributed by atoms with Crippen molar-refractivity contribution in [3.05, 3.63) is 34.7 Å². The van der Waals surface area contributed by atoms with Crippen molar-refractivity contribution in [2.45, 2.75) is 13.3 Å². The molecule has 21 heavy (non-hydrogen) atoms. The Morgan fingerprint density at radius 1 is 1.48 bits per heavy atom. The number of carboxylic acids is 1. The van der Waals surface area contributed by atoms with E-state index in [9.17, 15) is 14.0 Å². The molecule has 1 heterocycles. The summed E-state index contributed by atoms with van der Waals surface area (Å²) >= 11 is 6.07. The zero-order valence-electron chi connectivity index (χ0n) is 11.2. The Bertz CT molecular complexity index is 699. The summed E-state index contributed by atoms with van der Waals surface area (Å²) in [5, 5.41) is 11.8. The molecule has 0 radical (unpaired) electrons. The highest BCUT2D eigenvalue weighted by Gasteiger charge is 2.17. The molecule has 112 valence electrons. The minimum absolute atomic E-state index is 0.0358. The van der Waals surface area contributed by atoms with E-state index in [2.05, 4.69) is 10.3 Å². The first-order valence-electron chi connectivity index (χ1n) is 6.35. The first-order valence-corrected chi connectivity index (χ1v) is 6.73. The summed E-state index contributed by atoms with van der Waals surface area (Å²) in [5.74, 6) is -2.01. The molecule has 0 aliphatic heterocycles. The van der Waals surface area contributed by atoms with E-state index < -0.39 is 17.7 Å². The third-order valence-electron chi connectivity index (χ3n) is 3.06. The van der Waals surface area contributed by atoms with Crippen molar-refractivity contribution in [2.75, 3.05) is 6.54 Å². The predicted molar refractivity (Wildman–Crippen MR) is 77.0 cm³/mol. The Labute approximate surface area is 125 Å². The third kappa shape index (κ3) is 3.52. The van der Waals surface area contributed by atoms with E-state index in [1.165, 1.54) is 18.2 Å². The maximum absolute atomic E-state index is 13.2. The number of hydrogen-bond donors (Lipinski definition) is 3. The number of carboxylic acid groups (broad SMARTS) is 1. The molecule has 3 N–H and O–H groups in total. The molecule has 0 saturated carbocycles. The molecule has 1 amide bonds. The highest BCUT2D eigenvalue weighted by Crippen LogP contribution is 2.28. The summed E-state index contributed by atoms with van der Waals surface area (Å²) in [5.41, 5.74) is 0.699. The molecule has 1 aromatic carbocycles. The normalized spacial score (nSPS) is 12.3. The maximum atomic E-state index is 13.2. The molecule has 2 aromatic rings. The van der Waals surface area contributed by atoms with Gasteiger partial charge < -0.3 is 15.4 Å².